The molecule has 1 saturated heterocycles. The zero-order chi connectivity index (χ0) is 10.7. The van der Waals surface area contributed by atoms with Crippen molar-refractivity contribution in [3.05, 3.63) is 0 Å². The van der Waals surface area contributed by atoms with Crippen molar-refractivity contribution < 1.29 is 4.79 Å². The van der Waals surface area contributed by atoms with Gasteiger partial charge in [-0.1, -0.05) is 0 Å². The first-order valence-corrected chi connectivity index (χ1v) is 6.34. The summed E-state index contributed by atoms with van der Waals surface area (Å²) >= 11 is 0. The number of carbonyl (C=O) groups is 1. The number of hydrogen-bond acceptors (Lipinski definition) is 2. The van der Waals surface area contributed by atoms with Crippen LogP contribution in [0, 0.1) is 0 Å². The van der Waals surface area contributed by atoms with E-state index in [-0.39, 0.29) is 0 Å². The topological polar surface area (TPSA) is 32.3 Å². The van der Waals surface area contributed by atoms with E-state index in [1.807, 2.05) is 0 Å². The molecule has 0 aromatic heterocycles. The lowest BCUT2D eigenvalue weighted by Gasteiger charge is -2.21. The van der Waals surface area contributed by atoms with Gasteiger partial charge in [0.05, 0.1) is 0 Å². The van der Waals surface area contributed by atoms with Gasteiger partial charge < -0.3 is 10.2 Å². The fraction of sp³-hybridized carbons (Fsp3) is 0.917. The van der Waals surface area contributed by atoms with E-state index in [1.165, 1.54) is 25.7 Å². The van der Waals surface area contributed by atoms with Crippen LogP contribution < -0.4 is 5.32 Å². The Hall–Kier alpha value is -0.570. The average molecular weight is 210 g/mol. The molecule has 1 amide bonds. The summed E-state index contributed by atoms with van der Waals surface area (Å²) in [7, 11) is 0. The highest BCUT2D eigenvalue weighted by molar-refractivity contribution is 5.76. The van der Waals surface area contributed by atoms with Crippen LogP contribution in [-0.4, -0.2) is 36.0 Å². The van der Waals surface area contributed by atoms with Crippen LogP contribution in [0.3, 0.4) is 0 Å². The maximum Gasteiger partial charge on any atom is 0.222 e. The normalized spacial score (nSPS) is 25.5. The zero-order valence-electron chi connectivity index (χ0n) is 9.67. The largest absolute Gasteiger partial charge is 0.340 e. The van der Waals surface area contributed by atoms with E-state index in [1.54, 1.807) is 0 Å². The van der Waals surface area contributed by atoms with Gasteiger partial charge in [0.25, 0.3) is 0 Å². The zero-order valence-corrected chi connectivity index (χ0v) is 9.67. The minimum Gasteiger partial charge on any atom is -0.340 e. The lowest BCUT2D eigenvalue weighted by atomic mass is 10.1. The van der Waals surface area contributed by atoms with Crippen LogP contribution in [0.4, 0.5) is 0 Å². The molecule has 0 spiro atoms. The first kappa shape index (κ1) is 10.9. The Morgan fingerprint density at radius 3 is 2.73 bits per heavy atom. The molecule has 15 heavy (non-hydrogen) atoms. The number of rotatable bonds is 5. The maximum absolute atomic E-state index is 11.9. The van der Waals surface area contributed by atoms with E-state index in [9.17, 15) is 4.79 Å². The monoisotopic (exact) mass is 210 g/mol. The van der Waals surface area contributed by atoms with Crippen LogP contribution in [0.2, 0.25) is 0 Å². The number of carbonyl (C=O) groups excluding carboxylic acids is 1. The van der Waals surface area contributed by atoms with Crippen molar-refractivity contribution in [3.63, 3.8) is 0 Å². The van der Waals surface area contributed by atoms with Gasteiger partial charge in [0.2, 0.25) is 5.91 Å². The Morgan fingerprint density at radius 2 is 2.20 bits per heavy atom. The van der Waals surface area contributed by atoms with Crippen LogP contribution in [0.15, 0.2) is 0 Å². The highest BCUT2D eigenvalue weighted by Gasteiger charge is 2.31. The molecule has 86 valence electrons. The van der Waals surface area contributed by atoms with Gasteiger partial charge in [-0.25, -0.2) is 0 Å². The van der Waals surface area contributed by atoms with Crippen molar-refractivity contribution in [1.82, 2.24) is 10.2 Å². The molecule has 1 unspecified atom stereocenters. The van der Waals surface area contributed by atoms with Gasteiger partial charge in [0.15, 0.2) is 0 Å². The summed E-state index contributed by atoms with van der Waals surface area (Å²) in [6.07, 6.45) is 6.74. The summed E-state index contributed by atoms with van der Waals surface area (Å²) in [4.78, 5) is 14.0. The van der Waals surface area contributed by atoms with Gasteiger partial charge in [-0.3, -0.25) is 4.79 Å². The third-order valence-electron chi connectivity index (χ3n) is 3.52. The molecule has 3 nitrogen and oxygen atoms in total. The molecule has 1 N–H and O–H groups in total. The molecule has 1 aliphatic carbocycles. The van der Waals surface area contributed by atoms with Crippen molar-refractivity contribution in [2.24, 2.45) is 0 Å². The van der Waals surface area contributed by atoms with Crippen molar-refractivity contribution in [2.75, 3.05) is 13.1 Å². The molecule has 3 heteroatoms. The van der Waals surface area contributed by atoms with E-state index >= 15 is 0 Å². The SMILES string of the molecule is CCN(C(=O)CCC1CCCN1)C1CC1. The molecular formula is C12H22N2O. The molecule has 1 aliphatic heterocycles. The Balaban J connectivity index is 1.70. The minimum absolute atomic E-state index is 0.369. The summed E-state index contributed by atoms with van der Waals surface area (Å²) in [6.45, 7) is 4.12. The summed E-state index contributed by atoms with van der Waals surface area (Å²) in [5.41, 5.74) is 0. The fourth-order valence-electron chi connectivity index (χ4n) is 2.47. The van der Waals surface area contributed by atoms with Crippen LogP contribution >= 0.6 is 0 Å². The molecule has 2 fully saturated rings. The minimum atomic E-state index is 0.369. The van der Waals surface area contributed by atoms with E-state index in [4.69, 9.17) is 0 Å². The molecule has 2 rings (SSSR count). The summed E-state index contributed by atoms with van der Waals surface area (Å²) < 4.78 is 0. The first-order valence-electron chi connectivity index (χ1n) is 6.34. The smallest absolute Gasteiger partial charge is 0.222 e. The van der Waals surface area contributed by atoms with Crippen LogP contribution in [-0.2, 0) is 4.79 Å². The second-order valence-electron chi connectivity index (χ2n) is 4.74. The summed E-state index contributed by atoms with van der Waals surface area (Å²) in [5.74, 6) is 0.369. The van der Waals surface area contributed by atoms with Gasteiger partial charge in [-0.15, -0.1) is 0 Å². The third kappa shape index (κ3) is 2.94. The van der Waals surface area contributed by atoms with Crippen LogP contribution in [0.5, 0.6) is 0 Å². The number of nitrogens with one attached hydrogen (secondary N) is 1. The fourth-order valence-corrected chi connectivity index (χ4v) is 2.47. The van der Waals surface area contributed by atoms with Gasteiger partial charge in [-0.2, -0.15) is 0 Å². The molecule has 0 aromatic carbocycles. The third-order valence-corrected chi connectivity index (χ3v) is 3.52. The van der Waals surface area contributed by atoms with Crippen molar-refractivity contribution in [1.29, 1.82) is 0 Å². The molecular weight excluding hydrogens is 188 g/mol. The molecule has 0 aromatic rings. The molecule has 0 radical (unpaired) electrons. The number of amides is 1. The molecule has 2 aliphatic rings. The Morgan fingerprint density at radius 1 is 1.40 bits per heavy atom. The molecule has 1 atom stereocenters. The second-order valence-corrected chi connectivity index (χ2v) is 4.74. The predicted octanol–water partition coefficient (Wildman–Crippen LogP) is 1.53. The molecule has 1 saturated carbocycles. The Bertz CT molecular complexity index is 220. The molecule has 0 bridgehead atoms. The lowest BCUT2D eigenvalue weighted by molar-refractivity contribution is -0.131. The standard InChI is InChI=1S/C12H22N2O/c1-2-14(11-6-7-11)12(15)8-5-10-4-3-9-13-10/h10-11,13H,2-9H2,1H3. The van der Waals surface area contributed by atoms with E-state index in [2.05, 4.69) is 17.1 Å². The maximum atomic E-state index is 11.9. The van der Waals surface area contributed by atoms with Gasteiger partial charge in [0.1, 0.15) is 0 Å². The number of nitrogens with zero attached hydrogens (tertiary/aromatic N) is 1. The molecule has 1 heterocycles. The Labute approximate surface area is 92.2 Å². The summed E-state index contributed by atoms with van der Waals surface area (Å²) in [5, 5.41) is 3.44. The average Bonchev–Trinajstić information content (AvgIpc) is 2.93. The van der Waals surface area contributed by atoms with Crippen molar-refractivity contribution in [3.8, 4) is 0 Å². The second kappa shape index (κ2) is 4.97. The lowest BCUT2D eigenvalue weighted by Crippen LogP contribution is -2.34. The van der Waals surface area contributed by atoms with Gasteiger partial charge >= 0.3 is 0 Å². The van der Waals surface area contributed by atoms with Crippen LogP contribution in [0.1, 0.15) is 45.4 Å². The predicted molar refractivity (Wildman–Crippen MR) is 60.7 cm³/mol. The summed E-state index contributed by atoms with van der Waals surface area (Å²) in [6, 6.07) is 1.19. The van der Waals surface area contributed by atoms with E-state index < -0.39 is 0 Å². The Kier molecular flexibility index (Phi) is 3.62. The van der Waals surface area contributed by atoms with Crippen molar-refractivity contribution >= 4 is 5.91 Å². The highest BCUT2D eigenvalue weighted by Crippen LogP contribution is 2.27. The quantitative estimate of drug-likeness (QED) is 0.746. The van der Waals surface area contributed by atoms with E-state index in [0.717, 1.165) is 25.9 Å². The van der Waals surface area contributed by atoms with Crippen LogP contribution in [0.25, 0.3) is 0 Å². The highest BCUT2D eigenvalue weighted by atomic mass is 16.2. The first-order chi connectivity index (χ1) is 7.31. The number of hydrogen-bond donors (Lipinski definition) is 1. The van der Waals surface area contributed by atoms with Crippen molar-refractivity contribution in [2.45, 2.75) is 57.5 Å². The van der Waals surface area contributed by atoms with Gasteiger partial charge in [0, 0.05) is 25.0 Å². The van der Waals surface area contributed by atoms with E-state index in [0.29, 0.717) is 18.0 Å². The van der Waals surface area contributed by atoms with Gasteiger partial charge in [-0.05, 0) is 45.6 Å².